The van der Waals surface area contributed by atoms with E-state index in [9.17, 15) is 4.79 Å². The second-order valence-electron chi connectivity index (χ2n) is 4.70. The molecule has 7 heteroatoms. The van der Waals surface area contributed by atoms with Crippen molar-refractivity contribution < 1.29 is 9.53 Å². The molecule has 1 saturated heterocycles. The van der Waals surface area contributed by atoms with Crippen molar-refractivity contribution in [3.8, 4) is 0 Å². The van der Waals surface area contributed by atoms with E-state index in [4.69, 9.17) is 4.74 Å². The summed E-state index contributed by atoms with van der Waals surface area (Å²) in [6, 6.07) is 7.77. The van der Waals surface area contributed by atoms with Gasteiger partial charge in [-0.3, -0.25) is 5.43 Å². The van der Waals surface area contributed by atoms with E-state index in [2.05, 4.69) is 20.6 Å². The van der Waals surface area contributed by atoms with Crippen LogP contribution in [0, 0.1) is 0 Å². The van der Waals surface area contributed by atoms with Crippen LogP contribution in [0.25, 0.3) is 0 Å². The van der Waals surface area contributed by atoms with Gasteiger partial charge >= 0.3 is 5.97 Å². The second kappa shape index (κ2) is 6.17. The lowest BCUT2D eigenvalue weighted by Crippen LogP contribution is -2.24. The lowest BCUT2D eigenvalue weighted by molar-refractivity contribution is -0.137. The van der Waals surface area contributed by atoms with Crippen LogP contribution < -0.4 is 5.43 Å². The van der Waals surface area contributed by atoms with Crippen molar-refractivity contribution in [1.82, 2.24) is 14.8 Å². The minimum Gasteiger partial charge on any atom is -0.461 e. The van der Waals surface area contributed by atoms with Crippen LogP contribution >= 0.6 is 0 Å². The summed E-state index contributed by atoms with van der Waals surface area (Å²) in [5, 5.41) is 8.16. The number of carbonyl (C=O) groups is 1. The summed E-state index contributed by atoms with van der Waals surface area (Å²) in [7, 11) is 0. The SMILES string of the molecule is O=C1OCCC/C1=N\Nc1ccc(Cn2cncn2)cc1. The van der Waals surface area contributed by atoms with E-state index in [0.717, 1.165) is 17.7 Å². The molecular formula is C14H15N5O2. The largest absolute Gasteiger partial charge is 0.461 e. The van der Waals surface area contributed by atoms with Crippen molar-refractivity contribution >= 4 is 17.4 Å². The van der Waals surface area contributed by atoms with Crippen LogP contribution in [-0.2, 0) is 16.1 Å². The fourth-order valence-electron chi connectivity index (χ4n) is 2.01. The number of esters is 1. The van der Waals surface area contributed by atoms with Crippen molar-refractivity contribution in [2.24, 2.45) is 5.10 Å². The van der Waals surface area contributed by atoms with Crippen molar-refractivity contribution in [1.29, 1.82) is 0 Å². The molecule has 1 fully saturated rings. The number of nitrogens with zero attached hydrogens (tertiary/aromatic N) is 4. The van der Waals surface area contributed by atoms with E-state index in [1.807, 2.05) is 24.3 Å². The minimum absolute atomic E-state index is 0.337. The Bertz CT molecular complexity index is 634. The molecule has 7 nitrogen and oxygen atoms in total. The fraction of sp³-hybridized carbons (Fsp3) is 0.286. The summed E-state index contributed by atoms with van der Waals surface area (Å²) >= 11 is 0. The zero-order chi connectivity index (χ0) is 14.5. The summed E-state index contributed by atoms with van der Waals surface area (Å²) in [4.78, 5) is 15.3. The van der Waals surface area contributed by atoms with Crippen molar-refractivity contribution in [2.45, 2.75) is 19.4 Å². The second-order valence-corrected chi connectivity index (χ2v) is 4.70. The van der Waals surface area contributed by atoms with E-state index in [1.165, 1.54) is 6.33 Å². The third-order valence-corrected chi connectivity index (χ3v) is 3.11. The molecule has 0 bridgehead atoms. The monoisotopic (exact) mass is 285 g/mol. The smallest absolute Gasteiger partial charge is 0.354 e. The number of rotatable bonds is 4. The van der Waals surface area contributed by atoms with E-state index in [-0.39, 0.29) is 5.97 Å². The molecule has 0 spiro atoms. The maximum absolute atomic E-state index is 11.4. The molecule has 1 N–H and O–H groups in total. The maximum Gasteiger partial charge on any atom is 0.354 e. The van der Waals surface area contributed by atoms with Gasteiger partial charge in [0, 0.05) is 6.42 Å². The first-order chi connectivity index (χ1) is 10.3. The molecule has 2 heterocycles. The predicted octanol–water partition coefficient (Wildman–Crippen LogP) is 1.43. The van der Waals surface area contributed by atoms with Gasteiger partial charge in [-0.25, -0.2) is 14.5 Å². The van der Waals surface area contributed by atoms with Gasteiger partial charge in [0.25, 0.3) is 0 Å². The highest BCUT2D eigenvalue weighted by molar-refractivity contribution is 6.36. The highest BCUT2D eigenvalue weighted by Crippen LogP contribution is 2.11. The van der Waals surface area contributed by atoms with Crippen LogP contribution in [0.2, 0.25) is 0 Å². The van der Waals surface area contributed by atoms with Gasteiger partial charge in [0.05, 0.1) is 18.8 Å². The Morgan fingerprint density at radius 2 is 2.19 bits per heavy atom. The number of anilines is 1. The Morgan fingerprint density at radius 1 is 1.33 bits per heavy atom. The number of hydrazone groups is 1. The number of carbonyl (C=O) groups excluding carboxylic acids is 1. The highest BCUT2D eigenvalue weighted by Gasteiger charge is 2.17. The van der Waals surface area contributed by atoms with Crippen LogP contribution in [0.15, 0.2) is 42.0 Å². The number of benzene rings is 1. The van der Waals surface area contributed by atoms with Crippen molar-refractivity contribution in [3.05, 3.63) is 42.5 Å². The Morgan fingerprint density at radius 3 is 2.90 bits per heavy atom. The third kappa shape index (κ3) is 3.44. The average molecular weight is 285 g/mol. The molecule has 1 aromatic carbocycles. The van der Waals surface area contributed by atoms with Crippen LogP contribution in [0.4, 0.5) is 5.69 Å². The summed E-state index contributed by atoms with van der Waals surface area (Å²) in [6.07, 6.45) is 4.65. The molecule has 0 unspecified atom stereocenters. The van der Waals surface area contributed by atoms with Crippen LogP contribution in [0.3, 0.4) is 0 Å². The normalized spacial score (nSPS) is 16.8. The molecular weight excluding hydrogens is 270 g/mol. The number of ether oxygens (including phenoxy) is 1. The summed E-state index contributed by atoms with van der Waals surface area (Å²) < 4.78 is 6.68. The lowest BCUT2D eigenvalue weighted by Gasteiger charge is -2.12. The zero-order valence-corrected chi connectivity index (χ0v) is 11.4. The van der Waals surface area contributed by atoms with E-state index >= 15 is 0 Å². The first kappa shape index (κ1) is 13.3. The fourth-order valence-corrected chi connectivity index (χ4v) is 2.01. The van der Waals surface area contributed by atoms with Crippen LogP contribution in [0.1, 0.15) is 18.4 Å². The summed E-state index contributed by atoms with van der Waals surface area (Å²) in [5.74, 6) is -0.337. The van der Waals surface area contributed by atoms with Gasteiger partial charge in [0.15, 0.2) is 0 Å². The minimum atomic E-state index is -0.337. The molecule has 108 valence electrons. The Labute approximate surface area is 121 Å². The quantitative estimate of drug-likeness (QED) is 0.679. The van der Waals surface area contributed by atoms with Crippen molar-refractivity contribution in [2.75, 3.05) is 12.0 Å². The zero-order valence-electron chi connectivity index (χ0n) is 11.4. The Hall–Kier alpha value is -2.70. The van der Waals surface area contributed by atoms with Gasteiger partial charge < -0.3 is 4.74 Å². The van der Waals surface area contributed by atoms with E-state index in [0.29, 0.717) is 25.3 Å². The number of hydrogen-bond acceptors (Lipinski definition) is 6. The van der Waals surface area contributed by atoms with Gasteiger partial charge in [-0.2, -0.15) is 10.2 Å². The topological polar surface area (TPSA) is 81.4 Å². The molecule has 2 aromatic rings. The van der Waals surface area contributed by atoms with Gasteiger partial charge in [0.1, 0.15) is 18.4 Å². The average Bonchev–Trinajstić information content (AvgIpc) is 3.01. The number of cyclic esters (lactones) is 1. The van der Waals surface area contributed by atoms with Gasteiger partial charge in [-0.1, -0.05) is 12.1 Å². The number of nitrogens with one attached hydrogen (secondary N) is 1. The molecule has 21 heavy (non-hydrogen) atoms. The van der Waals surface area contributed by atoms with Gasteiger partial charge in [-0.15, -0.1) is 0 Å². The third-order valence-electron chi connectivity index (χ3n) is 3.11. The number of hydrogen-bond donors (Lipinski definition) is 1. The van der Waals surface area contributed by atoms with Gasteiger partial charge in [-0.05, 0) is 24.1 Å². The Balaban J connectivity index is 1.61. The molecule has 0 aliphatic carbocycles. The van der Waals surface area contributed by atoms with Crippen LogP contribution in [0.5, 0.6) is 0 Å². The van der Waals surface area contributed by atoms with Crippen molar-refractivity contribution in [3.63, 3.8) is 0 Å². The van der Waals surface area contributed by atoms with Gasteiger partial charge in [0.2, 0.25) is 0 Å². The summed E-state index contributed by atoms with van der Waals surface area (Å²) in [6.45, 7) is 1.15. The molecule has 0 saturated carbocycles. The standard InChI is InChI=1S/C14H15N5O2/c20-14-13(2-1-7-21-14)18-17-12-5-3-11(4-6-12)8-19-10-15-9-16-19/h3-6,9-10,17H,1-2,7-8H2/b18-13+. The van der Waals surface area contributed by atoms with E-state index < -0.39 is 0 Å². The molecule has 0 radical (unpaired) electrons. The number of aromatic nitrogens is 3. The molecule has 0 amide bonds. The molecule has 3 rings (SSSR count). The first-order valence-corrected chi connectivity index (χ1v) is 6.72. The molecule has 0 atom stereocenters. The molecule has 1 aromatic heterocycles. The Kier molecular flexibility index (Phi) is 3.90. The predicted molar refractivity (Wildman–Crippen MR) is 76.8 cm³/mol. The molecule has 1 aliphatic rings. The first-order valence-electron chi connectivity index (χ1n) is 6.72. The molecule has 1 aliphatic heterocycles. The summed E-state index contributed by atoms with van der Waals surface area (Å²) in [5.41, 5.74) is 5.25. The van der Waals surface area contributed by atoms with E-state index in [1.54, 1.807) is 11.0 Å². The highest BCUT2D eigenvalue weighted by atomic mass is 16.5. The van der Waals surface area contributed by atoms with Crippen LogP contribution in [-0.4, -0.2) is 33.1 Å². The lowest BCUT2D eigenvalue weighted by atomic mass is 10.2. The maximum atomic E-state index is 11.4.